The molecule has 0 spiro atoms. The fraction of sp³-hybridized carbons (Fsp3) is 0.917. The van der Waals surface area contributed by atoms with Gasteiger partial charge >= 0.3 is 0 Å². The van der Waals surface area contributed by atoms with Crippen molar-refractivity contribution < 1.29 is 178 Å². The fourth-order valence-electron chi connectivity index (χ4n) is 6.82. The van der Waals surface area contributed by atoms with Gasteiger partial charge < -0.3 is 111 Å². The molecule has 0 aromatic rings. The molecule has 0 aliphatic carbocycles. The molecule has 41 nitrogen and oxygen atoms in total. The minimum absolute atomic E-state index is 1.03. The molecule has 0 saturated carbocycles. The van der Waals surface area contributed by atoms with Crippen LogP contribution in [0.15, 0.2) is 0 Å². The van der Waals surface area contributed by atoms with E-state index in [1.807, 2.05) is 0 Å². The quantitative estimate of drug-likeness (QED) is 0.0369. The van der Waals surface area contributed by atoms with Crippen molar-refractivity contribution in [2.24, 2.45) is 0 Å². The van der Waals surface area contributed by atoms with Crippen LogP contribution in [0.1, 0.15) is 0 Å². The number of carbonyl (C=O) groups excluding carboxylic acids is 2. The van der Waals surface area contributed by atoms with Gasteiger partial charge in [0, 0.05) is 0 Å². The molecular weight excluding hydrogens is 1130 g/mol. The molecule has 8 N–H and O–H groups in total. The van der Waals surface area contributed by atoms with Crippen molar-refractivity contribution in [2.75, 3.05) is 13.2 Å². The lowest BCUT2D eigenvalue weighted by atomic mass is 9.94. The Balaban J connectivity index is 1.81. The molecule has 4 heterocycles. The van der Waals surface area contributed by atoms with Crippen molar-refractivity contribution in [3.05, 3.63) is 0 Å². The van der Waals surface area contributed by atoms with Crippen molar-refractivity contribution in [1.29, 1.82) is 0 Å². The average Bonchev–Trinajstić information content (AvgIpc) is 3.17. The Hall–Kier alpha value is -2.36. The van der Waals surface area contributed by atoms with E-state index in [2.05, 4.69) is 16.7 Å². The standard InChI is InChI=1S/C24H40N2O39S6/c27-7-5(25-66(37,38)39)21(36)57-3(1-55-68(43,44)45)12(7)59-24-17(65-71(52,53)54)11(31)14(18(63-24)20(34)35)61-22-6(26-67(40,41)42)8(28)13(4(58-22)2-56-69(46,47)48)60-23-16(64-70(49,50)51)10(30)9(29)15(62-23)19(32)33/h3-18,21-31,36H,1-2H2,(H,32,33)(H,34,35)(H,37,38,39)(H,40,41,42)(H,43,44,45)(H,46,47,48)(H,49,50,51)(H,52,53,54)/p-8/t3-,4-,5-,6-,7-,8-,9+,10+,11+,12-,13-,14+,15-,16-,17-,18-,21+,22-,23-,24-/m1/s1. The summed E-state index contributed by atoms with van der Waals surface area (Å²) in [6, 6.07) is -5.62. The molecule has 4 saturated heterocycles. The lowest BCUT2D eigenvalue weighted by Crippen LogP contribution is -2.71. The molecular formula is C24H32N2O39S6-8. The molecule has 20 atom stereocenters. The van der Waals surface area contributed by atoms with E-state index < -0.39 is 210 Å². The van der Waals surface area contributed by atoms with E-state index in [1.54, 1.807) is 0 Å². The van der Waals surface area contributed by atoms with Gasteiger partial charge in [-0.05, 0) is 0 Å². The van der Waals surface area contributed by atoms with E-state index in [4.69, 9.17) is 33.2 Å². The van der Waals surface area contributed by atoms with Crippen LogP contribution in [0, 0.1) is 0 Å². The van der Waals surface area contributed by atoms with Crippen molar-refractivity contribution in [1.82, 2.24) is 9.44 Å². The first-order chi connectivity index (χ1) is 32.1. The Kier molecular flexibility index (Phi) is 19.7. The molecule has 4 fully saturated rings. The number of nitrogens with one attached hydrogen (secondary N) is 2. The zero-order chi connectivity index (χ0) is 54.3. The number of carbonyl (C=O) groups is 2. The number of aliphatic hydroxyl groups excluding tert-OH is 6. The zero-order valence-corrected chi connectivity index (χ0v) is 38.5. The van der Waals surface area contributed by atoms with Gasteiger partial charge in [0.1, 0.15) is 85.3 Å². The highest BCUT2D eigenvalue weighted by Gasteiger charge is 2.58. The van der Waals surface area contributed by atoms with E-state index in [0.29, 0.717) is 0 Å². The van der Waals surface area contributed by atoms with Gasteiger partial charge in [0.2, 0.25) is 41.6 Å². The third-order valence-electron chi connectivity index (χ3n) is 9.54. The van der Waals surface area contributed by atoms with Crippen LogP contribution in [0.25, 0.3) is 0 Å². The van der Waals surface area contributed by atoms with Gasteiger partial charge in [0.05, 0.1) is 25.2 Å². The first kappa shape index (κ1) is 61.2. The van der Waals surface area contributed by atoms with Crippen LogP contribution < -0.4 is 19.7 Å². The highest BCUT2D eigenvalue weighted by molar-refractivity contribution is 7.84. The summed E-state index contributed by atoms with van der Waals surface area (Å²) in [6.07, 6.45) is -52.9. The highest BCUT2D eigenvalue weighted by atomic mass is 32.3. The van der Waals surface area contributed by atoms with E-state index in [0.717, 1.165) is 9.44 Å². The number of aliphatic carboxylic acids is 2. The Morgan fingerprint density at radius 1 is 0.437 bits per heavy atom. The van der Waals surface area contributed by atoms with Crippen LogP contribution in [0.2, 0.25) is 0 Å². The van der Waals surface area contributed by atoms with Crippen molar-refractivity contribution in [2.45, 2.75) is 123 Å². The first-order valence-electron chi connectivity index (χ1n) is 18.1. The number of rotatable bonds is 22. The molecule has 4 rings (SSSR count). The lowest BCUT2D eigenvalue weighted by molar-refractivity contribution is -0.384. The topological polar surface area (TPSA) is 670 Å². The molecule has 0 aromatic carbocycles. The van der Waals surface area contributed by atoms with Gasteiger partial charge in [0.15, 0.2) is 58.0 Å². The Morgan fingerprint density at radius 3 is 1.23 bits per heavy atom. The van der Waals surface area contributed by atoms with Gasteiger partial charge in [-0.15, -0.1) is 0 Å². The zero-order valence-electron chi connectivity index (χ0n) is 33.6. The highest BCUT2D eigenvalue weighted by Crippen LogP contribution is 2.36. The van der Waals surface area contributed by atoms with Gasteiger partial charge in [-0.25, -0.2) is 60.0 Å². The third-order valence-corrected chi connectivity index (χ3v) is 12.4. The second-order valence-electron chi connectivity index (χ2n) is 14.4. The Bertz CT molecular complexity index is 2580. The van der Waals surface area contributed by atoms with Gasteiger partial charge in [-0.3, -0.25) is 16.7 Å². The van der Waals surface area contributed by atoms with Crippen LogP contribution in [-0.2, 0) is 122 Å². The second-order valence-corrected chi connectivity index (χ2v) is 20.8. The predicted molar refractivity (Wildman–Crippen MR) is 185 cm³/mol. The second kappa shape index (κ2) is 22.9. The van der Waals surface area contributed by atoms with Crippen LogP contribution in [0.4, 0.5) is 0 Å². The van der Waals surface area contributed by atoms with Crippen molar-refractivity contribution in [3.63, 3.8) is 0 Å². The molecule has 4 aliphatic rings. The monoisotopic (exact) mass is 1160 g/mol. The van der Waals surface area contributed by atoms with E-state index in [1.165, 1.54) is 0 Å². The van der Waals surface area contributed by atoms with E-state index in [9.17, 15) is 128 Å². The molecule has 4 aliphatic heterocycles. The molecule has 0 aromatic heterocycles. The number of aliphatic hydroxyl groups is 6. The molecule has 71 heavy (non-hydrogen) atoms. The normalized spacial score (nSPS) is 39.2. The SMILES string of the molecule is O=C([O-])[C@@H]1O[C@@H](O[C@H]2[C@H](O)[C@@H](NS(=O)(=O)[O-])[C@@H](O[C@H]3[C@H](O)[C@@H](OS(=O)(=O)[O-])[C@H](O[C@H]4[C@H](O)[C@@H](NS(=O)(=O)[O-])[C@@H](O)O[C@@H]4COS(=O)(=O)[O-])O[C@H]3C(=O)[O-])O[C@@H]2COS(=O)(=O)[O-])[C@H](OS(=O)(=O)[O-])[C@@H](O)[C@@H]1O. The molecule has 0 radical (unpaired) electrons. The number of carboxylic acid groups (broad SMARTS) is 2. The van der Waals surface area contributed by atoms with Crippen molar-refractivity contribution >= 4 is 74.1 Å². The van der Waals surface area contributed by atoms with Crippen LogP contribution in [0.3, 0.4) is 0 Å². The molecule has 0 unspecified atom stereocenters. The van der Waals surface area contributed by atoms with E-state index >= 15 is 0 Å². The Morgan fingerprint density at radius 2 is 0.817 bits per heavy atom. The summed E-state index contributed by atoms with van der Waals surface area (Å²) in [4.78, 5) is 24.2. The minimum Gasteiger partial charge on any atom is -0.735 e. The average molecular weight is 1160 g/mol. The summed E-state index contributed by atoms with van der Waals surface area (Å²) in [5, 5.41) is 88.8. The summed E-state index contributed by atoms with van der Waals surface area (Å²) in [7, 11) is -36.0. The van der Waals surface area contributed by atoms with Crippen molar-refractivity contribution in [3.8, 4) is 0 Å². The number of carboxylic acids is 2. The molecule has 0 bridgehead atoms. The summed E-state index contributed by atoms with van der Waals surface area (Å²) < 4.78 is 262. The maximum Gasteiger partial charge on any atom is 0.218 e. The van der Waals surface area contributed by atoms with Gasteiger partial charge in [0.25, 0.3) is 0 Å². The lowest BCUT2D eigenvalue weighted by Gasteiger charge is -2.51. The summed E-state index contributed by atoms with van der Waals surface area (Å²) in [5.74, 6) is -5.15. The maximum atomic E-state index is 12.5. The summed E-state index contributed by atoms with van der Waals surface area (Å²) in [6.45, 7) is -3.57. The molecule has 0 amide bonds. The fourth-order valence-corrected chi connectivity index (χ4v) is 9.55. The molecule has 416 valence electrons. The van der Waals surface area contributed by atoms with Crippen LogP contribution in [0.5, 0.6) is 0 Å². The number of hydrogen-bond donors (Lipinski definition) is 8. The number of hydrogen-bond acceptors (Lipinski definition) is 39. The largest absolute Gasteiger partial charge is 0.735 e. The van der Waals surface area contributed by atoms with Gasteiger partial charge in [-0.2, -0.15) is 0 Å². The predicted octanol–water partition coefficient (Wildman–Crippen LogP) is -16.2. The first-order valence-corrected chi connectivity index (χ1v) is 26.2. The maximum absolute atomic E-state index is 12.5. The minimum atomic E-state index is -6.33. The van der Waals surface area contributed by atoms with Crippen LogP contribution in [-0.4, -0.2) is 256 Å². The summed E-state index contributed by atoms with van der Waals surface area (Å²) >= 11 is 0. The van der Waals surface area contributed by atoms with Gasteiger partial charge in [-0.1, -0.05) is 0 Å². The number of ether oxygens (including phenoxy) is 7. The van der Waals surface area contributed by atoms with Crippen LogP contribution >= 0.6 is 0 Å². The molecule has 47 heteroatoms. The summed E-state index contributed by atoms with van der Waals surface area (Å²) in [5.41, 5.74) is 0. The third kappa shape index (κ3) is 17.3. The Labute approximate surface area is 396 Å². The van der Waals surface area contributed by atoms with E-state index in [-0.39, 0.29) is 0 Å². The smallest absolute Gasteiger partial charge is 0.218 e.